The molecule has 10 rings (SSSR count). The van der Waals surface area contributed by atoms with Gasteiger partial charge in [-0.25, -0.2) is 4.98 Å². The Labute approximate surface area is 281 Å². The highest BCUT2D eigenvalue weighted by Crippen LogP contribution is 2.43. The Morgan fingerprint density at radius 3 is 2.27 bits per heavy atom. The average molecular weight is 629 g/mol. The highest BCUT2D eigenvalue weighted by atomic mass is 16.3. The highest BCUT2D eigenvalue weighted by molar-refractivity contribution is 6.21. The van der Waals surface area contributed by atoms with Crippen LogP contribution in [0.2, 0.25) is 0 Å². The molecule has 4 nitrogen and oxygen atoms in total. The summed E-state index contributed by atoms with van der Waals surface area (Å²) < 4.78 is 15.4. The third-order valence-corrected chi connectivity index (χ3v) is 9.54. The molecule has 3 aromatic heterocycles. The lowest BCUT2D eigenvalue weighted by Crippen LogP contribution is -1.97. The highest BCUT2D eigenvalue weighted by Gasteiger charge is 2.20. The number of fused-ring (bicyclic) bond motifs is 9. The predicted octanol–water partition coefficient (Wildman–Crippen LogP) is 12.5. The number of nitrogens with zero attached hydrogens (tertiary/aromatic N) is 2. The normalized spacial score (nSPS) is 12.1. The number of benzene rings is 7. The third-order valence-electron chi connectivity index (χ3n) is 9.54. The lowest BCUT2D eigenvalue weighted by molar-refractivity contribution is 0.620. The molecular weight excluding hydrogens is 601 g/mol. The molecule has 4 heteroatoms. The van der Waals surface area contributed by atoms with Crippen molar-refractivity contribution in [2.45, 2.75) is 0 Å². The van der Waals surface area contributed by atoms with Crippen LogP contribution in [0, 0.1) is 0 Å². The average Bonchev–Trinajstić information content (AvgIpc) is 3.87. The molecule has 0 amide bonds. The van der Waals surface area contributed by atoms with Crippen LogP contribution in [0.4, 0.5) is 0 Å². The Morgan fingerprint density at radius 2 is 1.39 bits per heavy atom. The van der Waals surface area contributed by atoms with Crippen molar-refractivity contribution < 1.29 is 8.83 Å². The fourth-order valence-corrected chi connectivity index (χ4v) is 7.32. The molecule has 0 spiro atoms. The molecule has 0 N–H and O–H groups in total. The molecule has 0 atom stereocenters. The van der Waals surface area contributed by atoms with E-state index in [2.05, 4.69) is 120 Å². The van der Waals surface area contributed by atoms with Gasteiger partial charge in [0, 0.05) is 43.9 Å². The molecule has 0 fully saturated rings. The van der Waals surface area contributed by atoms with Crippen LogP contribution >= 0.6 is 0 Å². The first-order valence-electron chi connectivity index (χ1n) is 16.4. The molecule has 0 aliphatic carbocycles. The summed E-state index contributed by atoms with van der Waals surface area (Å²) in [5, 5.41) is 7.91. The van der Waals surface area contributed by atoms with E-state index in [-0.39, 0.29) is 0 Å². The zero-order chi connectivity index (χ0) is 32.5. The van der Waals surface area contributed by atoms with Crippen molar-refractivity contribution in [1.29, 1.82) is 0 Å². The molecule has 0 unspecified atom stereocenters. The zero-order valence-electron chi connectivity index (χ0n) is 26.4. The summed E-state index contributed by atoms with van der Waals surface area (Å²) in [6.07, 6.45) is 5.93. The van der Waals surface area contributed by atoms with E-state index in [0.717, 1.165) is 71.9 Å². The summed E-state index contributed by atoms with van der Waals surface area (Å²) in [6.45, 7) is 3.93. The second-order valence-corrected chi connectivity index (χ2v) is 12.4. The molecule has 0 aliphatic rings. The SMILES string of the molecule is C=C/C=C\c1cc2ccc3ccccc3c2n1-c1ccc2oc3c4ccccc4cc(-c4ccc5nc(-c6ccccc6)oc5c4)c3c2c1. The Balaban J connectivity index is 1.25. The maximum absolute atomic E-state index is 6.73. The van der Waals surface area contributed by atoms with Crippen molar-refractivity contribution in [3.8, 4) is 28.3 Å². The molecular formula is C45H28N2O2. The van der Waals surface area contributed by atoms with Gasteiger partial charge in [-0.1, -0.05) is 104 Å². The van der Waals surface area contributed by atoms with E-state index in [1.165, 1.54) is 21.7 Å². The van der Waals surface area contributed by atoms with Gasteiger partial charge in [-0.3, -0.25) is 0 Å². The first kappa shape index (κ1) is 27.5. The van der Waals surface area contributed by atoms with E-state index < -0.39 is 0 Å². The number of oxazole rings is 1. The Bertz CT molecular complexity index is 2960. The topological polar surface area (TPSA) is 44.1 Å². The van der Waals surface area contributed by atoms with Crippen molar-refractivity contribution in [2.75, 3.05) is 0 Å². The third kappa shape index (κ3) is 4.28. The van der Waals surface area contributed by atoms with Crippen LogP contribution in [-0.2, 0) is 0 Å². The van der Waals surface area contributed by atoms with Crippen LogP contribution in [0.25, 0.3) is 99.8 Å². The summed E-state index contributed by atoms with van der Waals surface area (Å²) in [5.41, 5.74) is 9.67. The van der Waals surface area contributed by atoms with Gasteiger partial charge in [0.1, 0.15) is 16.7 Å². The van der Waals surface area contributed by atoms with Gasteiger partial charge in [-0.2, -0.15) is 0 Å². The van der Waals surface area contributed by atoms with Crippen molar-refractivity contribution in [1.82, 2.24) is 9.55 Å². The van der Waals surface area contributed by atoms with Gasteiger partial charge in [0.05, 0.1) is 5.52 Å². The van der Waals surface area contributed by atoms with Gasteiger partial charge in [-0.15, -0.1) is 0 Å². The van der Waals surface area contributed by atoms with Crippen molar-refractivity contribution >= 4 is 71.6 Å². The fraction of sp³-hybridized carbons (Fsp3) is 0. The summed E-state index contributed by atoms with van der Waals surface area (Å²) in [7, 11) is 0. The summed E-state index contributed by atoms with van der Waals surface area (Å²) in [6, 6.07) is 48.8. The van der Waals surface area contributed by atoms with E-state index in [1.807, 2.05) is 48.6 Å². The van der Waals surface area contributed by atoms with E-state index in [0.29, 0.717) is 5.89 Å². The Morgan fingerprint density at radius 1 is 0.592 bits per heavy atom. The summed E-state index contributed by atoms with van der Waals surface area (Å²) in [4.78, 5) is 4.79. The lowest BCUT2D eigenvalue weighted by Gasteiger charge is -2.12. The maximum Gasteiger partial charge on any atom is 0.227 e. The monoisotopic (exact) mass is 628 g/mol. The van der Waals surface area contributed by atoms with Crippen LogP contribution in [-0.4, -0.2) is 9.55 Å². The first-order valence-corrected chi connectivity index (χ1v) is 16.4. The second kappa shape index (κ2) is 10.7. The largest absolute Gasteiger partial charge is 0.455 e. The van der Waals surface area contributed by atoms with Crippen molar-refractivity contribution in [3.63, 3.8) is 0 Å². The summed E-state index contributed by atoms with van der Waals surface area (Å²) >= 11 is 0. The van der Waals surface area contributed by atoms with E-state index in [4.69, 9.17) is 13.8 Å². The molecule has 0 saturated heterocycles. The number of aromatic nitrogens is 2. The minimum atomic E-state index is 0.614. The van der Waals surface area contributed by atoms with Gasteiger partial charge < -0.3 is 13.4 Å². The van der Waals surface area contributed by atoms with Crippen LogP contribution in [0.5, 0.6) is 0 Å². The van der Waals surface area contributed by atoms with Gasteiger partial charge in [0.25, 0.3) is 0 Å². The molecule has 0 aliphatic heterocycles. The molecule has 0 saturated carbocycles. The van der Waals surface area contributed by atoms with Crippen LogP contribution in [0.1, 0.15) is 5.69 Å². The Hall–Kier alpha value is -6.65. The smallest absolute Gasteiger partial charge is 0.227 e. The number of hydrogen-bond acceptors (Lipinski definition) is 3. The Kier molecular flexibility index (Phi) is 5.99. The molecule has 0 bridgehead atoms. The predicted molar refractivity (Wildman–Crippen MR) is 203 cm³/mol. The van der Waals surface area contributed by atoms with Crippen molar-refractivity contribution in [2.24, 2.45) is 0 Å². The number of hydrogen-bond donors (Lipinski definition) is 0. The van der Waals surface area contributed by atoms with Gasteiger partial charge in [0.2, 0.25) is 5.89 Å². The number of rotatable bonds is 5. The van der Waals surface area contributed by atoms with E-state index in [9.17, 15) is 0 Å². The van der Waals surface area contributed by atoms with Crippen LogP contribution < -0.4 is 0 Å². The first-order chi connectivity index (χ1) is 24.2. The van der Waals surface area contributed by atoms with Crippen LogP contribution in [0.15, 0.2) is 167 Å². The number of furan rings is 1. The second-order valence-electron chi connectivity index (χ2n) is 12.4. The van der Waals surface area contributed by atoms with Crippen molar-refractivity contribution in [3.05, 3.63) is 164 Å². The minimum absolute atomic E-state index is 0.614. The van der Waals surface area contributed by atoms with Gasteiger partial charge in [0.15, 0.2) is 5.58 Å². The quantitative estimate of drug-likeness (QED) is 0.178. The fourth-order valence-electron chi connectivity index (χ4n) is 7.32. The van der Waals surface area contributed by atoms with E-state index >= 15 is 0 Å². The lowest BCUT2D eigenvalue weighted by atomic mass is 9.95. The standard InChI is InChI=1S/C45H28N2O2/c1-2-3-15-33-24-32-19-18-28-11-7-9-16-35(28)43(32)47(33)34-21-23-40-38(27-34)42-37(25-30-14-8-10-17-36(30)44(42)48-40)31-20-22-39-41(26-31)49-45(46-39)29-12-5-4-6-13-29/h2-27H,1H2/b15-3-. The van der Waals surface area contributed by atoms with Gasteiger partial charge >= 0.3 is 0 Å². The molecule has 230 valence electrons. The molecule has 7 aromatic carbocycles. The van der Waals surface area contributed by atoms with Crippen LogP contribution in [0.3, 0.4) is 0 Å². The molecule has 3 heterocycles. The minimum Gasteiger partial charge on any atom is -0.455 e. The summed E-state index contributed by atoms with van der Waals surface area (Å²) in [5.74, 6) is 0.614. The maximum atomic E-state index is 6.73. The van der Waals surface area contributed by atoms with E-state index in [1.54, 1.807) is 0 Å². The molecule has 0 radical (unpaired) electrons. The zero-order valence-corrected chi connectivity index (χ0v) is 26.4. The van der Waals surface area contributed by atoms with Gasteiger partial charge in [-0.05, 0) is 82.6 Å². The number of allylic oxidation sites excluding steroid dienone is 2. The molecule has 49 heavy (non-hydrogen) atoms. The molecule has 10 aromatic rings.